The molecule has 0 aromatic carbocycles. The fraction of sp³-hybridized carbons (Fsp3) is 1.00. The van der Waals surface area contributed by atoms with Gasteiger partial charge in [0, 0.05) is 12.3 Å². The van der Waals surface area contributed by atoms with Crippen molar-refractivity contribution in [3.63, 3.8) is 0 Å². The van der Waals surface area contributed by atoms with E-state index in [1.807, 2.05) is 0 Å². The molecular formula is C46H76O16. The van der Waals surface area contributed by atoms with Crippen LogP contribution in [0.2, 0.25) is 0 Å². The zero-order valence-corrected chi connectivity index (χ0v) is 37.4. The van der Waals surface area contributed by atoms with Crippen molar-refractivity contribution in [3.05, 3.63) is 0 Å². The van der Waals surface area contributed by atoms with Crippen LogP contribution in [-0.2, 0) is 37.9 Å². The lowest BCUT2D eigenvalue weighted by Crippen LogP contribution is -2.66. The summed E-state index contributed by atoms with van der Waals surface area (Å²) in [6, 6.07) is 0. The molecule has 8 N–H and O–H groups in total. The summed E-state index contributed by atoms with van der Waals surface area (Å²) in [4.78, 5) is 0. The van der Waals surface area contributed by atoms with Gasteiger partial charge in [0.15, 0.2) is 24.7 Å². The number of rotatable bonds is 7. The molecule has 9 fully saturated rings. The van der Waals surface area contributed by atoms with Crippen LogP contribution in [0.25, 0.3) is 0 Å². The van der Waals surface area contributed by atoms with E-state index in [0.29, 0.717) is 41.4 Å². The normalized spacial score (nSPS) is 59.1. The van der Waals surface area contributed by atoms with Crippen molar-refractivity contribution in [1.82, 2.24) is 0 Å². The highest BCUT2D eigenvalue weighted by Gasteiger charge is 2.69. The summed E-state index contributed by atoms with van der Waals surface area (Å²) in [5.41, 5.74) is 0.343. The van der Waals surface area contributed by atoms with Gasteiger partial charge < -0.3 is 78.7 Å². The van der Waals surface area contributed by atoms with Gasteiger partial charge in [0.05, 0.1) is 37.6 Å². The Bertz CT molecular complexity index is 1560. The molecule has 0 amide bonds. The zero-order valence-electron chi connectivity index (χ0n) is 37.4. The van der Waals surface area contributed by atoms with Gasteiger partial charge in [0.1, 0.15) is 61.0 Å². The van der Waals surface area contributed by atoms with Crippen molar-refractivity contribution in [2.45, 2.75) is 222 Å². The van der Waals surface area contributed by atoms with Gasteiger partial charge in [0.2, 0.25) is 0 Å². The minimum Gasteiger partial charge on any atom is -0.394 e. The predicted molar refractivity (Wildman–Crippen MR) is 217 cm³/mol. The Kier molecular flexibility index (Phi) is 13.1. The molecule has 4 aliphatic carbocycles. The van der Waals surface area contributed by atoms with Crippen molar-refractivity contribution in [3.8, 4) is 0 Å². The Morgan fingerprint density at radius 3 is 1.90 bits per heavy atom. The van der Waals surface area contributed by atoms with Crippen molar-refractivity contribution in [2.75, 3.05) is 13.2 Å². The van der Waals surface area contributed by atoms with E-state index in [1.54, 1.807) is 0 Å². The van der Waals surface area contributed by atoms with E-state index in [9.17, 15) is 40.9 Å². The lowest BCUT2D eigenvalue weighted by Gasteiger charge is -2.61. The fourth-order valence-electron chi connectivity index (χ4n) is 14.8. The van der Waals surface area contributed by atoms with E-state index in [4.69, 9.17) is 37.9 Å². The molecule has 9 rings (SSSR count). The number of aliphatic hydroxyl groups is 8. The minimum absolute atomic E-state index is 0.120. The average Bonchev–Trinajstić information content (AvgIpc) is 3.61. The van der Waals surface area contributed by atoms with Crippen molar-refractivity contribution < 1.29 is 78.7 Å². The first-order valence-corrected chi connectivity index (χ1v) is 24.0. The molecule has 1 spiro atoms. The second-order valence-electron chi connectivity index (χ2n) is 21.8. The smallest absolute Gasteiger partial charge is 0.187 e. The van der Waals surface area contributed by atoms with Crippen LogP contribution in [0.5, 0.6) is 0 Å². The molecule has 9 aliphatic rings. The monoisotopic (exact) mass is 885 g/mol. The maximum atomic E-state index is 12.0. The summed E-state index contributed by atoms with van der Waals surface area (Å²) in [6.07, 6.45) is -9.77. The first-order chi connectivity index (χ1) is 29.4. The van der Waals surface area contributed by atoms with Gasteiger partial charge in [-0.15, -0.1) is 0 Å². The third kappa shape index (κ3) is 7.67. The van der Waals surface area contributed by atoms with Crippen LogP contribution in [0, 0.1) is 52.3 Å². The van der Waals surface area contributed by atoms with E-state index in [-0.39, 0.29) is 23.0 Å². The van der Waals surface area contributed by atoms with Gasteiger partial charge in [-0.05, 0) is 124 Å². The minimum atomic E-state index is -1.70. The Morgan fingerprint density at radius 2 is 1.24 bits per heavy atom. The summed E-state index contributed by atoms with van der Waals surface area (Å²) < 4.78 is 50.5. The van der Waals surface area contributed by atoms with Crippen LogP contribution >= 0.6 is 0 Å². The molecule has 5 saturated heterocycles. The van der Waals surface area contributed by atoms with E-state index in [1.165, 1.54) is 33.1 Å². The van der Waals surface area contributed by atoms with E-state index < -0.39 is 105 Å². The van der Waals surface area contributed by atoms with Gasteiger partial charge in [-0.3, -0.25) is 0 Å². The summed E-state index contributed by atoms with van der Waals surface area (Å²) in [5.74, 6) is 3.23. The number of ether oxygens (including phenoxy) is 8. The Balaban J connectivity index is 0.896. The number of hydrogen-bond acceptors (Lipinski definition) is 16. The van der Waals surface area contributed by atoms with Crippen molar-refractivity contribution in [1.29, 1.82) is 0 Å². The Morgan fingerprint density at radius 1 is 0.597 bits per heavy atom. The fourth-order valence-corrected chi connectivity index (χ4v) is 14.8. The van der Waals surface area contributed by atoms with Crippen LogP contribution in [0.15, 0.2) is 0 Å². The SMILES string of the molecule is CC1OC(OC2C(CO)OC(O[C@H]3CC[C@]4(C)C5CC[C@@]6(C)C(CC7O[C@]8(CCC[C@H](C)CO8)[C@@H](C)C76)C5CC[C@@H]4C3)C(OC3OC(C)C(O)C(O)C3O)C2O)C(O)C(O)C1O. The van der Waals surface area contributed by atoms with Crippen molar-refractivity contribution in [2.24, 2.45) is 52.3 Å². The molecule has 27 atom stereocenters. The van der Waals surface area contributed by atoms with E-state index >= 15 is 0 Å². The molecule has 4 saturated carbocycles. The number of fused-ring (bicyclic) bond motifs is 7. The molecule has 5 aliphatic heterocycles. The van der Waals surface area contributed by atoms with Crippen LogP contribution in [0.4, 0.5) is 0 Å². The van der Waals surface area contributed by atoms with Gasteiger partial charge >= 0.3 is 0 Å². The quantitative estimate of drug-likeness (QED) is 0.170. The first kappa shape index (κ1) is 46.5. The first-order valence-electron chi connectivity index (χ1n) is 24.0. The molecule has 20 unspecified atom stereocenters. The van der Waals surface area contributed by atoms with Gasteiger partial charge in [0.25, 0.3) is 0 Å². The summed E-state index contributed by atoms with van der Waals surface area (Å²) in [7, 11) is 0. The maximum Gasteiger partial charge on any atom is 0.187 e. The molecule has 0 radical (unpaired) electrons. The van der Waals surface area contributed by atoms with Crippen LogP contribution in [-0.4, -0.2) is 164 Å². The van der Waals surface area contributed by atoms with Gasteiger partial charge in [-0.2, -0.15) is 0 Å². The lowest BCUT2D eigenvalue weighted by atomic mass is 9.44. The second-order valence-corrected chi connectivity index (χ2v) is 21.8. The summed E-state index contributed by atoms with van der Waals surface area (Å²) in [5, 5.41) is 86.0. The largest absolute Gasteiger partial charge is 0.394 e. The number of hydrogen-bond donors (Lipinski definition) is 8. The molecule has 5 heterocycles. The highest BCUT2D eigenvalue weighted by Crippen LogP contribution is 2.71. The highest BCUT2D eigenvalue weighted by atomic mass is 16.8. The Hall–Kier alpha value is -0.640. The summed E-state index contributed by atoms with van der Waals surface area (Å²) in [6.45, 7) is 12.9. The van der Waals surface area contributed by atoms with Gasteiger partial charge in [-0.25, -0.2) is 0 Å². The molecular weight excluding hydrogens is 808 g/mol. The molecule has 0 bridgehead atoms. The lowest BCUT2D eigenvalue weighted by molar-refractivity contribution is -0.389. The highest BCUT2D eigenvalue weighted by molar-refractivity contribution is 5.15. The predicted octanol–water partition coefficient (Wildman–Crippen LogP) is 1.71. The summed E-state index contributed by atoms with van der Waals surface area (Å²) >= 11 is 0. The van der Waals surface area contributed by atoms with Gasteiger partial charge in [-0.1, -0.05) is 27.7 Å². The maximum absolute atomic E-state index is 12.0. The molecule has 16 nitrogen and oxygen atoms in total. The third-order valence-electron chi connectivity index (χ3n) is 18.4. The zero-order chi connectivity index (χ0) is 44.2. The van der Waals surface area contributed by atoms with Crippen LogP contribution < -0.4 is 0 Å². The standard InChI is InChI=1S/C46H76O16/c1-20-8-7-13-46(55-19-20)21(2)31-29(62-46)17-28-26-10-9-24-16-25(11-14-44(24,5)27(26)12-15-45(28,31)6)58-43-40(61-42-37(53)35(51)33(49)23(4)57-42)38(54)39(30(18-47)59-43)60-41-36(52)34(50)32(48)22(3)56-41/h20-43,47-54H,7-19H2,1-6H3/t20-,21-,22?,23?,24+,25-,26?,27?,28?,29?,30?,31?,32?,33?,34?,35?,36?,37?,38?,39?,40?,41?,42?,43?,44-,45-,46+/m0/s1. The molecule has 0 aromatic heterocycles. The van der Waals surface area contributed by atoms with Crippen LogP contribution in [0.3, 0.4) is 0 Å². The number of aliphatic hydroxyl groups excluding tert-OH is 8. The van der Waals surface area contributed by atoms with E-state index in [2.05, 4.69) is 27.7 Å². The molecule has 16 heteroatoms. The molecule has 356 valence electrons. The third-order valence-corrected chi connectivity index (χ3v) is 18.4. The average molecular weight is 885 g/mol. The molecule has 62 heavy (non-hydrogen) atoms. The van der Waals surface area contributed by atoms with Crippen LogP contribution in [0.1, 0.15) is 112 Å². The van der Waals surface area contributed by atoms with E-state index in [0.717, 1.165) is 58.0 Å². The second kappa shape index (κ2) is 17.5. The Labute approximate surface area is 365 Å². The van der Waals surface area contributed by atoms with Crippen molar-refractivity contribution >= 4 is 0 Å². The topological polar surface area (TPSA) is 236 Å². The molecule has 0 aromatic rings.